The number of H-pyrrole nitrogens is 1. The van der Waals surface area contributed by atoms with Gasteiger partial charge in [-0.15, -0.1) is 0 Å². The lowest BCUT2D eigenvalue weighted by Gasteiger charge is -2.36. The van der Waals surface area contributed by atoms with Crippen molar-refractivity contribution in [3.8, 4) is 0 Å². The lowest BCUT2D eigenvalue weighted by atomic mass is 10.2. The van der Waals surface area contributed by atoms with Gasteiger partial charge in [0.15, 0.2) is 5.58 Å². The van der Waals surface area contributed by atoms with Gasteiger partial charge in [0.05, 0.1) is 11.8 Å². The highest BCUT2D eigenvalue weighted by Gasteiger charge is 2.23. The van der Waals surface area contributed by atoms with Crippen molar-refractivity contribution in [3.63, 3.8) is 0 Å². The van der Waals surface area contributed by atoms with E-state index in [1.54, 1.807) is 12.3 Å². The lowest BCUT2D eigenvalue weighted by molar-refractivity contribution is 0.0742. The quantitative estimate of drug-likeness (QED) is 0.784. The number of rotatable bonds is 2. The van der Waals surface area contributed by atoms with Crippen LogP contribution in [-0.2, 0) is 0 Å². The van der Waals surface area contributed by atoms with Gasteiger partial charge >= 0.3 is 0 Å². The molecule has 1 amide bonds. The van der Waals surface area contributed by atoms with Crippen molar-refractivity contribution in [1.29, 1.82) is 0 Å². The summed E-state index contributed by atoms with van der Waals surface area (Å²) in [4.78, 5) is 19.8. The minimum atomic E-state index is 0.0159. The fourth-order valence-electron chi connectivity index (χ4n) is 2.97. The zero-order valence-electron chi connectivity index (χ0n) is 12.5. The Balaban J connectivity index is 1.44. The van der Waals surface area contributed by atoms with E-state index in [9.17, 15) is 4.79 Å². The van der Waals surface area contributed by atoms with E-state index in [0.717, 1.165) is 29.3 Å². The molecule has 0 radical (unpaired) electrons. The van der Waals surface area contributed by atoms with E-state index in [1.165, 1.54) is 0 Å². The summed E-state index contributed by atoms with van der Waals surface area (Å²) in [5.41, 5.74) is 3.24. The number of hydrogen-bond acceptors (Lipinski definition) is 3. The standard InChI is InChI=1S/C17H16ClN3O2/c18-12-2-1-3-13(10-12)20-5-7-21(8-6-20)17(22)15-11-16-14(19-15)4-9-23-16/h1-4,9-11,19H,5-8H2. The molecular weight excluding hydrogens is 314 g/mol. The van der Waals surface area contributed by atoms with Gasteiger partial charge in [0.1, 0.15) is 5.69 Å². The number of halogens is 1. The maximum absolute atomic E-state index is 12.6. The van der Waals surface area contributed by atoms with Gasteiger partial charge in [-0.2, -0.15) is 0 Å². The predicted molar refractivity (Wildman–Crippen MR) is 90.1 cm³/mol. The molecule has 0 bridgehead atoms. The van der Waals surface area contributed by atoms with Gasteiger partial charge in [-0.3, -0.25) is 4.79 Å². The Morgan fingerprint density at radius 2 is 1.96 bits per heavy atom. The first-order valence-corrected chi connectivity index (χ1v) is 7.94. The van der Waals surface area contributed by atoms with Crippen LogP contribution in [0, 0.1) is 0 Å². The van der Waals surface area contributed by atoms with Crippen LogP contribution in [0.25, 0.3) is 11.1 Å². The molecule has 1 aromatic carbocycles. The summed E-state index contributed by atoms with van der Waals surface area (Å²) in [5, 5.41) is 0.731. The fraction of sp³-hybridized carbons (Fsp3) is 0.235. The number of nitrogens with one attached hydrogen (secondary N) is 1. The smallest absolute Gasteiger partial charge is 0.270 e. The Morgan fingerprint density at radius 3 is 2.70 bits per heavy atom. The first kappa shape index (κ1) is 14.2. The van der Waals surface area contributed by atoms with Crippen molar-refractivity contribution in [2.45, 2.75) is 0 Å². The largest absolute Gasteiger partial charge is 0.463 e. The van der Waals surface area contributed by atoms with Gasteiger partial charge in [0.25, 0.3) is 5.91 Å². The average molecular weight is 330 g/mol. The molecule has 3 aromatic rings. The zero-order valence-corrected chi connectivity index (χ0v) is 13.2. The number of hydrogen-bond donors (Lipinski definition) is 1. The molecule has 118 valence electrons. The van der Waals surface area contributed by atoms with Crippen LogP contribution in [-0.4, -0.2) is 42.0 Å². The molecule has 0 unspecified atom stereocenters. The van der Waals surface area contributed by atoms with Gasteiger partial charge in [0.2, 0.25) is 0 Å². The van der Waals surface area contributed by atoms with Crippen molar-refractivity contribution in [2.75, 3.05) is 31.1 Å². The van der Waals surface area contributed by atoms with E-state index in [0.29, 0.717) is 24.4 Å². The maximum Gasteiger partial charge on any atom is 0.270 e. The molecule has 4 rings (SSSR count). The second kappa shape index (κ2) is 5.66. The van der Waals surface area contributed by atoms with Crippen molar-refractivity contribution in [3.05, 3.63) is 53.4 Å². The third kappa shape index (κ3) is 2.68. The second-order valence-electron chi connectivity index (χ2n) is 5.64. The molecule has 1 aliphatic heterocycles. The van der Waals surface area contributed by atoms with Gasteiger partial charge < -0.3 is 19.2 Å². The Morgan fingerprint density at radius 1 is 1.13 bits per heavy atom. The molecule has 0 spiro atoms. The maximum atomic E-state index is 12.6. The van der Waals surface area contributed by atoms with Crippen LogP contribution < -0.4 is 4.90 Å². The number of anilines is 1. The Kier molecular flexibility index (Phi) is 3.50. The number of aromatic amines is 1. The molecule has 1 saturated heterocycles. The van der Waals surface area contributed by atoms with E-state index in [4.69, 9.17) is 16.0 Å². The fourth-order valence-corrected chi connectivity index (χ4v) is 3.16. The van der Waals surface area contributed by atoms with E-state index in [2.05, 4.69) is 9.88 Å². The lowest BCUT2D eigenvalue weighted by Crippen LogP contribution is -2.48. The topological polar surface area (TPSA) is 52.5 Å². The zero-order chi connectivity index (χ0) is 15.8. The van der Waals surface area contributed by atoms with E-state index in [-0.39, 0.29) is 5.91 Å². The van der Waals surface area contributed by atoms with Gasteiger partial charge in [-0.1, -0.05) is 17.7 Å². The first-order chi connectivity index (χ1) is 11.2. The minimum absolute atomic E-state index is 0.0159. The molecule has 3 heterocycles. The molecule has 1 N–H and O–H groups in total. The summed E-state index contributed by atoms with van der Waals surface area (Å²) in [6, 6.07) is 11.4. The van der Waals surface area contributed by atoms with Gasteiger partial charge in [-0.25, -0.2) is 0 Å². The predicted octanol–water partition coefficient (Wildman–Crippen LogP) is 3.38. The Bertz CT molecular complexity index is 818. The van der Waals surface area contributed by atoms with Crippen LogP contribution >= 0.6 is 11.6 Å². The first-order valence-electron chi connectivity index (χ1n) is 7.57. The second-order valence-corrected chi connectivity index (χ2v) is 6.08. The van der Waals surface area contributed by atoms with Crippen LogP contribution in [0.15, 0.2) is 47.1 Å². The molecule has 2 aromatic heterocycles. The average Bonchev–Trinajstić information content (AvgIpc) is 3.16. The van der Waals surface area contributed by atoms with E-state index in [1.807, 2.05) is 35.2 Å². The normalized spacial score (nSPS) is 15.3. The number of benzene rings is 1. The highest BCUT2D eigenvalue weighted by atomic mass is 35.5. The van der Waals surface area contributed by atoms with Crippen LogP contribution in [0.2, 0.25) is 5.02 Å². The number of furan rings is 1. The van der Waals surface area contributed by atoms with Crippen LogP contribution in [0.3, 0.4) is 0 Å². The third-order valence-corrected chi connectivity index (χ3v) is 4.45. The summed E-state index contributed by atoms with van der Waals surface area (Å²) in [6.07, 6.45) is 1.61. The van der Waals surface area contributed by atoms with Crippen molar-refractivity contribution in [1.82, 2.24) is 9.88 Å². The van der Waals surface area contributed by atoms with Crippen molar-refractivity contribution < 1.29 is 9.21 Å². The number of carbonyl (C=O) groups excluding carboxylic acids is 1. The third-order valence-electron chi connectivity index (χ3n) is 4.21. The monoisotopic (exact) mass is 329 g/mol. The highest BCUT2D eigenvalue weighted by molar-refractivity contribution is 6.30. The number of piperazine rings is 1. The van der Waals surface area contributed by atoms with Gasteiger partial charge in [0, 0.05) is 49.0 Å². The van der Waals surface area contributed by atoms with E-state index >= 15 is 0 Å². The summed E-state index contributed by atoms with van der Waals surface area (Å²) in [5.74, 6) is 0.0159. The van der Waals surface area contributed by atoms with Gasteiger partial charge in [-0.05, 0) is 18.2 Å². The molecule has 1 fully saturated rings. The molecule has 0 atom stereocenters. The summed E-state index contributed by atoms with van der Waals surface area (Å²) >= 11 is 6.05. The minimum Gasteiger partial charge on any atom is -0.463 e. The summed E-state index contributed by atoms with van der Waals surface area (Å²) in [6.45, 7) is 2.96. The van der Waals surface area contributed by atoms with E-state index < -0.39 is 0 Å². The SMILES string of the molecule is O=C(c1cc2occc2[nH]1)N1CCN(c2cccc(Cl)c2)CC1. The number of nitrogens with zero attached hydrogens (tertiary/aromatic N) is 2. The number of fused-ring (bicyclic) bond motifs is 1. The molecule has 0 saturated carbocycles. The summed E-state index contributed by atoms with van der Waals surface area (Å²) < 4.78 is 5.30. The highest BCUT2D eigenvalue weighted by Crippen LogP contribution is 2.22. The number of aromatic nitrogens is 1. The Labute approximate surface area is 138 Å². The number of amides is 1. The van der Waals surface area contributed by atoms with Crippen molar-refractivity contribution in [2.24, 2.45) is 0 Å². The molecule has 23 heavy (non-hydrogen) atoms. The Hall–Kier alpha value is -2.40. The van der Waals surface area contributed by atoms with Crippen LogP contribution in [0.1, 0.15) is 10.5 Å². The molecular formula is C17H16ClN3O2. The van der Waals surface area contributed by atoms with Crippen molar-refractivity contribution >= 4 is 34.3 Å². The van der Waals surface area contributed by atoms with Crippen LogP contribution in [0.4, 0.5) is 5.69 Å². The molecule has 6 heteroatoms. The molecule has 0 aliphatic carbocycles. The summed E-state index contributed by atoms with van der Waals surface area (Å²) in [7, 11) is 0. The molecule has 1 aliphatic rings. The van der Waals surface area contributed by atoms with Crippen LogP contribution in [0.5, 0.6) is 0 Å². The molecule has 5 nitrogen and oxygen atoms in total. The number of carbonyl (C=O) groups is 1.